The molecule has 1 rings (SSSR count). The lowest BCUT2D eigenvalue weighted by molar-refractivity contribution is 0.217. The molecular weight excluding hydrogens is 301 g/mol. The van der Waals surface area contributed by atoms with Crippen molar-refractivity contribution in [2.24, 2.45) is 0 Å². The van der Waals surface area contributed by atoms with Crippen LogP contribution in [0.25, 0.3) is 0 Å². The summed E-state index contributed by atoms with van der Waals surface area (Å²) < 4.78 is 43.2. The lowest BCUT2D eigenvalue weighted by Crippen LogP contribution is -2.19. The number of rotatable bonds is 5. The molecule has 0 aliphatic carbocycles. The van der Waals surface area contributed by atoms with E-state index in [-0.39, 0.29) is 22.5 Å². The molecule has 0 bridgehead atoms. The molecule has 0 saturated heterocycles. The molecule has 0 unspecified atom stereocenters. The maximum atomic E-state index is 13.1. The number of hydrogen-bond donors (Lipinski definition) is 1. The van der Waals surface area contributed by atoms with Crippen molar-refractivity contribution in [2.45, 2.75) is 0 Å². The SMILES string of the molecule is COCCS(=O)(=O)Nc1ccc(Br)c(F)c1. The number of sulfonamides is 1. The summed E-state index contributed by atoms with van der Waals surface area (Å²) in [5.74, 6) is -0.687. The van der Waals surface area contributed by atoms with Gasteiger partial charge in [-0.05, 0) is 34.1 Å². The van der Waals surface area contributed by atoms with E-state index < -0.39 is 15.8 Å². The zero-order valence-electron chi connectivity index (χ0n) is 8.54. The number of benzene rings is 1. The number of halogens is 2. The molecule has 0 aromatic heterocycles. The molecule has 0 saturated carbocycles. The third-order valence-corrected chi connectivity index (χ3v) is 3.64. The zero-order valence-corrected chi connectivity index (χ0v) is 10.9. The summed E-state index contributed by atoms with van der Waals surface area (Å²) >= 11 is 2.98. The molecule has 0 aliphatic rings. The van der Waals surface area contributed by atoms with Crippen LogP contribution in [-0.4, -0.2) is 27.9 Å². The first-order valence-corrected chi connectivity index (χ1v) is 6.83. The zero-order chi connectivity index (χ0) is 12.2. The summed E-state index contributed by atoms with van der Waals surface area (Å²) in [5.41, 5.74) is 0.191. The van der Waals surface area contributed by atoms with Gasteiger partial charge < -0.3 is 4.74 Å². The van der Waals surface area contributed by atoms with Gasteiger partial charge in [0.2, 0.25) is 10.0 Å². The van der Waals surface area contributed by atoms with Gasteiger partial charge in [-0.2, -0.15) is 0 Å². The molecule has 0 amide bonds. The second-order valence-electron chi connectivity index (χ2n) is 3.04. The Kier molecular flexibility index (Phi) is 4.69. The smallest absolute Gasteiger partial charge is 0.235 e. The Morgan fingerprint density at radius 2 is 2.19 bits per heavy atom. The predicted molar refractivity (Wildman–Crippen MR) is 63.4 cm³/mol. The largest absolute Gasteiger partial charge is 0.384 e. The summed E-state index contributed by atoms with van der Waals surface area (Å²) in [6.07, 6.45) is 0. The van der Waals surface area contributed by atoms with Crippen LogP contribution in [0, 0.1) is 5.82 Å². The molecule has 0 aliphatic heterocycles. The first-order valence-electron chi connectivity index (χ1n) is 4.39. The molecule has 0 atom stereocenters. The molecule has 7 heteroatoms. The van der Waals surface area contributed by atoms with Gasteiger partial charge in [-0.1, -0.05) is 0 Å². The van der Waals surface area contributed by atoms with Gasteiger partial charge in [0.25, 0.3) is 0 Å². The summed E-state index contributed by atoms with van der Waals surface area (Å²) in [4.78, 5) is 0. The van der Waals surface area contributed by atoms with Crippen molar-refractivity contribution in [3.63, 3.8) is 0 Å². The molecule has 0 spiro atoms. The van der Waals surface area contributed by atoms with Crippen molar-refractivity contribution in [2.75, 3.05) is 24.2 Å². The molecule has 0 heterocycles. The van der Waals surface area contributed by atoms with Crippen molar-refractivity contribution < 1.29 is 17.5 Å². The molecule has 4 nitrogen and oxygen atoms in total. The van der Waals surface area contributed by atoms with E-state index in [0.717, 1.165) is 6.07 Å². The Morgan fingerprint density at radius 3 is 2.75 bits per heavy atom. The topological polar surface area (TPSA) is 55.4 Å². The van der Waals surface area contributed by atoms with Crippen LogP contribution in [0.4, 0.5) is 10.1 Å². The molecule has 16 heavy (non-hydrogen) atoms. The molecule has 0 fully saturated rings. The van der Waals surface area contributed by atoms with Crippen molar-refractivity contribution in [3.05, 3.63) is 28.5 Å². The molecule has 1 aromatic rings. The van der Waals surface area contributed by atoms with E-state index in [1.54, 1.807) is 0 Å². The van der Waals surface area contributed by atoms with E-state index in [9.17, 15) is 12.8 Å². The average molecular weight is 312 g/mol. The van der Waals surface area contributed by atoms with Crippen molar-refractivity contribution in [1.29, 1.82) is 0 Å². The van der Waals surface area contributed by atoms with Crippen LogP contribution < -0.4 is 4.72 Å². The van der Waals surface area contributed by atoms with Crippen LogP contribution in [-0.2, 0) is 14.8 Å². The summed E-state index contributed by atoms with van der Waals surface area (Å²) in [6.45, 7) is 0.0916. The lowest BCUT2D eigenvalue weighted by atomic mass is 10.3. The minimum atomic E-state index is -3.48. The van der Waals surface area contributed by atoms with Crippen molar-refractivity contribution in [3.8, 4) is 0 Å². The molecule has 90 valence electrons. The maximum absolute atomic E-state index is 13.1. The van der Waals surface area contributed by atoms with E-state index >= 15 is 0 Å². The highest BCUT2D eigenvalue weighted by molar-refractivity contribution is 9.10. The molecule has 1 aromatic carbocycles. The van der Waals surface area contributed by atoms with Gasteiger partial charge in [0.05, 0.1) is 22.5 Å². The van der Waals surface area contributed by atoms with Gasteiger partial charge in [-0.3, -0.25) is 4.72 Å². The van der Waals surface area contributed by atoms with Gasteiger partial charge in [0.15, 0.2) is 0 Å². The highest BCUT2D eigenvalue weighted by Gasteiger charge is 2.10. The Bertz CT molecular complexity index is 464. The van der Waals surface area contributed by atoms with Crippen LogP contribution in [0.1, 0.15) is 0 Å². The van der Waals surface area contributed by atoms with E-state index in [1.165, 1.54) is 19.2 Å². The van der Waals surface area contributed by atoms with E-state index in [1.807, 2.05) is 0 Å². The number of methoxy groups -OCH3 is 1. The summed E-state index contributed by atoms with van der Waals surface area (Å²) in [7, 11) is -2.07. The molecule has 0 radical (unpaired) electrons. The van der Waals surface area contributed by atoms with Crippen LogP contribution in [0.5, 0.6) is 0 Å². The normalized spacial score (nSPS) is 11.4. The van der Waals surface area contributed by atoms with Crippen LogP contribution in [0.3, 0.4) is 0 Å². The minimum Gasteiger partial charge on any atom is -0.384 e. The number of nitrogens with one attached hydrogen (secondary N) is 1. The fourth-order valence-corrected chi connectivity index (χ4v) is 2.20. The monoisotopic (exact) mass is 311 g/mol. The first kappa shape index (κ1) is 13.4. The van der Waals surface area contributed by atoms with Crippen LogP contribution in [0.15, 0.2) is 22.7 Å². The fraction of sp³-hybridized carbons (Fsp3) is 0.333. The van der Waals surface area contributed by atoms with Gasteiger partial charge in [-0.15, -0.1) is 0 Å². The number of ether oxygens (including phenoxy) is 1. The molecular formula is C9H11BrFNO3S. The van der Waals surface area contributed by atoms with Crippen molar-refractivity contribution in [1.82, 2.24) is 0 Å². The summed E-state index contributed by atoms with van der Waals surface area (Å²) in [6, 6.07) is 4.01. The van der Waals surface area contributed by atoms with Gasteiger partial charge in [0.1, 0.15) is 5.82 Å². The lowest BCUT2D eigenvalue weighted by Gasteiger charge is -2.07. The Labute approximate surface area is 102 Å². The second-order valence-corrected chi connectivity index (χ2v) is 5.74. The first-order chi connectivity index (χ1) is 7.44. The van der Waals surface area contributed by atoms with Crippen LogP contribution in [0.2, 0.25) is 0 Å². The maximum Gasteiger partial charge on any atom is 0.235 e. The second kappa shape index (κ2) is 5.60. The van der Waals surface area contributed by atoms with E-state index in [2.05, 4.69) is 25.4 Å². The Morgan fingerprint density at radius 1 is 1.50 bits per heavy atom. The molecule has 1 N–H and O–H groups in total. The highest BCUT2D eigenvalue weighted by atomic mass is 79.9. The van der Waals surface area contributed by atoms with Gasteiger partial charge in [-0.25, -0.2) is 12.8 Å². The fourth-order valence-electron chi connectivity index (χ4n) is 0.983. The third kappa shape index (κ3) is 4.07. The predicted octanol–water partition coefficient (Wildman–Crippen LogP) is 1.98. The quantitative estimate of drug-likeness (QED) is 0.904. The number of anilines is 1. The average Bonchev–Trinajstić information content (AvgIpc) is 2.20. The summed E-state index contributed by atoms with van der Waals surface area (Å²) in [5, 5.41) is 0. The Balaban J connectivity index is 2.76. The number of hydrogen-bond acceptors (Lipinski definition) is 3. The standard InChI is InChI=1S/C9H11BrFNO3S/c1-15-4-5-16(13,14)12-7-2-3-8(10)9(11)6-7/h2-3,6,12H,4-5H2,1H3. The van der Waals surface area contributed by atoms with Gasteiger partial charge >= 0.3 is 0 Å². The van der Waals surface area contributed by atoms with E-state index in [4.69, 9.17) is 0 Å². The Hall–Kier alpha value is -0.660. The van der Waals surface area contributed by atoms with Crippen molar-refractivity contribution >= 4 is 31.6 Å². The van der Waals surface area contributed by atoms with Crippen LogP contribution >= 0.6 is 15.9 Å². The van der Waals surface area contributed by atoms with E-state index in [0.29, 0.717) is 0 Å². The highest BCUT2D eigenvalue weighted by Crippen LogP contribution is 2.19. The third-order valence-electron chi connectivity index (χ3n) is 1.75. The minimum absolute atomic E-state index is 0.0916. The van der Waals surface area contributed by atoms with Gasteiger partial charge in [0, 0.05) is 7.11 Å².